The molecule has 4 aromatic rings. The van der Waals surface area contributed by atoms with Crippen molar-refractivity contribution in [2.24, 2.45) is 0 Å². The molecule has 0 aliphatic rings. The van der Waals surface area contributed by atoms with Crippen molar-refractivity contribution in [1.29, 1.82) is 0 Å². The van der Waals surface area contributed by atoms with Gasteiger partial charge in [-0.3, -0.25) is 0 Å². The molecule has 264 valence electrons. The van der Waals surface area contributed by atoms with Gasteiger partial charge in [0.05, 0.1) is 24.3 Å². The Bertz CT molecular complexity index is 1640. The highest BCUT2D eigenvalue weighted by Crippen LogP contribution is 2.34. The molecule has 0 atom stereocenters. The van der Waals surface area contributed by atoms with Crippen molar-refractivity contribution in [2.75, 3.05) is 13.2 Å². The summed E-state index contributed by atoms with van der Waals surface area (Å²) in [7, 11) is 0. The van der Waals surface area contributed by atoms with Crippen molar-refractivity contribution in [1.82, 2.24) is 0 Å². The van der Waals surface area contributed by atoms with E-state index >= 15 is 0 Å². The third kappa shape index (κ3) is 10.1. The molecule has 0 unspecified atom stereocenters. The van der Waals surface area contributed by atoms with Gasteiger partial charge in [-0.2, -0.15) is 0 Å². The minimum atomic E-state index is -0.893. The lowest BCUT2D eigenvalue weighted by atomic mass is 9.84. The third-order valence-electron chi connectivity index (χ3n) is 8.41. The summed E-state index contributed by atoms with van der Waals surface area (Å²) in [6, 6.07) is 25.5. The second kappa shape index (κ2) is 16.7. The Morgan fingerprint density at radius 2 is 0.880 bits per heavy atom. The Morgan fingerprint density at radius 3 is 1.20 bits per heavy atom. The van der Waals surface area contributed by atoms with Crippen LogP contribution in [0, 0.1) is 0 Å². The number of ether oxygens (including phenoxy) is 4. The number of carbonyl (C=O) groups excluding carboxylic acids is 3. The van der Waals surface area contributed by atoms with Gasteiger partial charge in [-0.15, -0.1) is 0 Å². The number of benzene rings is 4. The van der Waals surface area contributed by atoms with Crippen LogP contribution in [0.4, 0.5) is 4.79 Å². The van der Waals surface area contributed by atoms with Crippen molar-refractivity contribution in [3.05, 3.63) is 107 Å². The van der Waals surface area contributed by atoms with Gasteiger partial charge in [-0.1, -0.05) is 105 Å². The van der Waals surface area contributed by atoms with Gasteiger partial charge in [-0.25, -0.2) is 14.4 Å². The average molecular weight is 679 g/mol. The van der Waals surface area contributed by atoms with Crippen LogP contribution in [0.5, 0.6) is 11.5 Å². The van der Waals surface area contributed by atoms with E-state index in [4.69, 9.17) is 18.9 Å². The fraction of sp³-hybridized carbons (Fsp3) is 0.372. The molecule has 0 saturated heterocycles. The van der Waals surface area contributed by atoms with Crippen molar-refractivity contribution >= 4 is 18.1 Å². The number of esters is 2. The molecule has 7 heteroatoms. The molecule has 4 aromatic carbocycles. The van der Waals surface area contributed by atoms with Crippen LogP contribution in [0.25, 0.3) is 22.3 Å². The van der Waals surface area contributed by atoms with E-state index in [1.54, 1.807) is 48.5 Å². The number of hydrogen-bond donors (Lipinski definition) is 0. The van der Waals surface area contributed by atoms with Gasteiger partial charge in [0.25, 0.3) is 0 Å². The van der Waals surface area contributed by atoms with Crippen LogP contribution >= 0.6 is 0 Å². The van der Waals surface area contributed by atoms with Gasteiger partial charge < -0.3 is 18.9 Å². The fourth-order valence-corrected chi connectivity index (χ4v) is 5.25. The predicted octanol–water partition coefficient (Wildman–Crippen LogP) is 11.1. The van der Waals surface area contributed by atoms with Crippen molar-refractivity contribution in [3.63, 3.8) is 0 Å². The molecule has 0 heterocycles. The summed E-state index contributed by atoms with van der Waals surface area (Å²) in [6.07, 6.45) is 2.57. The monoisotopic (exact) mass is 678 g/mol. The van der Waals surface area contributed by atoms with Crippen LogP contribution in [-0.4, -0.2) is 31.3 Å². The first kappa shape index (κ1) is 37.9. The predicted molar refractivity (Wildman–Crippen MR) is 198 cm³/mol. The zero-order chi connectivity index (χ0) is 36.5. The van der Waals surface area contributed by atoms with Gasteiger partial charge >= 0.3 is 18.1 Å². The first-order chi connectivity index (χ1) is 23.7. The van der Waals surface area contributed by atoms with E-state index in [1.165, 1.54) is 0 Å². The SMILES string of the molecule is CCCCOC(=O)c1ccc(C(C)(C)C)cc1-c1ccc(OC(=O)Oc2ccc(-c3cc(C(C)(C)C)ccc3C(=O)OCCCC)cc2)cc1. The Morgan fingerprint density at radius 1 is 0.520 bits per heavy atom. The zero-order valence-corrected chi connectivity index (χ0v) is 30.7. The van der Waals surface area contributed by atoms with E-state index in [-0.39, 0.29) is 22.8 Å². The maximum Gasteiger partial charge on any atom is 0.519 e. The van der Waals surface area contributed by atoms with Crippen LogP contribution in [0.2, 0.25) is 0 Å². The Labute approximate surface area is 296 Å². The van der Waals surface area contributed by atoms with E-state index in [0.29, 0.717) is 35.8 Å². The van der Waals surface area contributed by atoms with Crippen LogP contribution in [0.1, 0.15) is 113 Å². The maximum absolute atomic E-state index is 13.0. The quantitative estimate of drug-likeness (QED) is 0.0837. The van der Waals surface area contributed by atoms with E-state index in [2.05, 4.69) is 41.5 Å². The van der Waals surface area contributed by atoms with Gasteiger partial charge in [0.2, 0.25) is 0 Å². The van der Waals surface area contributed by atoms with Gasteiger partial charge in [0.15, 0.2) is 0 Å². The molecule has 0 radical (unpaired) electrons. The summed E-state index contributed by atoms with van der Waals surface area (Å²) in [5.74, 6) is -0.151. The molecule has 0 aliphatic carbocycles. The first-order valence-corrected chi connectivity index (χ1v) is 17.4. The summed E-state index contributed by atoms with van der Waals surface area (Å²) in [4.78, 5) is 38.7. The molecule has 0 N–H and O–H groups in total. The first-order valence-electron chi connectivity index (χ1n) is 17.4. The smallest absolute Gasteiger partial charge is 0.462 e. The minimum absolute atomic E-state index is 0.122. The minimum Gasteiger partial charge on any atom is -0.462 e. The number of carbonyl (C=O) groups is 3. The molecule has 0 amide bonds. The molecule has 0 bridgehead atoms. The van der Waals surface area contributed by atoms with Crippen LogP contribution in [0.15, 0.2) is 84.9 Å². The molecule has 7 nitrogen and oxygen atoms in total. The second-order valence-corrected chi connectivity index (χ2v) is 14.5. The van der Waals surface area contributed by atoms with Gasteiger partial charge in [0.1, 0.15) is 11.5 Å². The van der Waals surface area contributed by atoms with Crippen molar-refractivity contribution in [3.8, 4) is 33.8 Å². The van der Waals surface area contributed by atoms with Crippen molar-refractivity contribution < 1.29 is 33.3 Å². The van der Waals surface area contributed by atoms with E-state index in [0.717, 1.165) is 59.1 Å². The standard InChI is InChI=1S/C43H50O7/c1-9-11-25-47-39(44)35-23-17-31(42(3,4)5)27-37(35)29-13-19-33(20-14-29)49-41(46)50-34-21-15-30(16-22-34)38-28-32(43(6,7)8)18-24-36(38)40(45)48-26-12-10-2/h13-24,27-28H,9-12,25-26H2,1-8H3. The fourth-order valence-electron chi connectivity index (χ4n) is 5.25. The van der Waals surface area contributed by atoms with Gasteiger partial charge in [-0.05, 0) is 106 Å². The molecular weight excluding hydrogens is 628 g/mol. The number of unbranched alkanes of at least 4 members (excludes halogenated alkanes) is 2. The number of hydrogen-bond acceptors (Lipinski definition) is 7. The lowest BCUT2D eigenvalue weighted by molar-refractivity contribution is 0.0491. The van der Waals surface area contributed by atoms with E-state index < -0.39 is 6.16 Å². The lowest BCUT2D eigenvalue weighted by Crippen LogP contribution is -2.14. The second-order valence-electron chi connectivity index (χ2n) is 14.5. The molecule has 0 spiro atoms. The van der Waals surface area contributed by atoms with Crippen LogP contribution in [0.3, 0.4) is 0 Å². The zero-order valence-electron chi connectivity index (χ0n) is 30.7. The van der Waals surface area contributed by atoms with Crippen molar-refractivity contribution in [2.45, 2.75) is 91.9 Å². The number of rotatable bonds is 12. The molecule has 0 fully saturated rings. The third-order valence-corrected chi connectivity index (χ3v) is 8.41. The molecule has 0 saturated carbocycles. The lowest BCUT2D eigenvalue weighted by Gasteiger charge is -2.21. The highest BCUT2D eigenvalue weighted by molar-refractivity contribution is 5.98. The Balaban J connectivity index is 1.49. The molecule has 4 rings (SSSR count). The Kier molecular flexibility index (Phi) is 12.6. The normalized spacial score (nSPS) is 11.5. The molecule has 0 aliphatic heterocycles. The average Bonchev–Trinajstić information content (AvgIpc) is 3.07. The largest absolute Gasteiger partial charge is 0.519 e. The maximum atomic E-state index is 13.0. The molecule has 0 aromatic heterocycles. The summed E-state index contributed by atoms with van der Waals surface area (Å²) in [5.41, 5.74) is 5.96. The molecular formula is C43H50O7. The van der Waals surface area contributed by atoms with Gasteiger partial charge in [0, 0.05) is 0 Å². The topological polar surface area (TPSA) is 88.1 Å². The molecule has 50 heavy (non-hydrogen) atoms. The summed E-state index contributed by atoms with van der Waals surface area (Å²) in [5, 5.41) is 0. The highest BCUT2D eigenvalue weighted by Gasteiger charge is 2.22. The summed E-state index contributed by atoms with van der Waals surface area (Å²) >= 11 is 0. The van der Waals surface area contributed by atoms with E-state index in [1.807, 2.05) is 50.2 Å². The summed E-state index contributed by atoms with van der Waals surface area (Å²) in [6.45, 7) is 17.5. The summed E-state index contributed by atoms with van der Waals surface area (Å²) < 4.78 is 22.0. The van der Waals surface area contributed by atoms with Crippen LogP contribution < -0.4 is 9.47 Å². The Hall–Kier alpha value is -4.91. The van der Waals surface area contributed by atoms with Crippen LogP contribution in [-0.2, 0) is 20.3 Å². The van der Waals surface area contributed by atoms with E-state index in [9.17, 15) is 14.4 Å². The highest BCUT2D eigenvalue weighted by atomic mass is 16.7.